The molecule has 2 aliphatic rings. The van der Waals surface area contributed by atoms with E-state index >= 15 is 9.59 Å². The monoisotopic (exact) mass is 1350 g/mol. The number of aromatic nitrogens is 7. The number of ketones is 1. The predicted molar refractivity (Wildman–Crippen MR) is 351 cm³/mol. The molecule has 7 atom stereocenters. The number of aliphatic hydroxyl groups is 1. The molecule has 10 bridgehead atoms. The number of carbonyl (C=O) groups excluding carboxylic acids is 7. The summed E-state index contributed by atoms with van der Waals surface area (Å²) in [6.07, 6.45) is -3.68. The van der Waals surface area contributed by atoms with Crippen LogP contribution in [-0.4, -0.2) is 150 Å². The van der Waals surface area contributed by atoms with Crippen LogP contribution in [0.15, 0.2) is 93.6 Å². The standard InChI is InChI=1S/C62H62N14O10S6/c1-30-11-13-33(14-12-30)21-39-61(83)76-24-46(78)31(2)50(76)60-73-44(29-91-60)58-69-40(25-89-58)49-35(15-16-37(66-49)57-70-41(26-90-57)52(64)80)55-71-42(27-87-55)53(81)67-38(23-47(63)79)59-74-48(32(3)92-59)45(77)22-36(56-72-43(28-88-56)54(82)68-39)51(34-9-7-6-8-10-34)86-62(84)65-17-19-85-20-18-75(4)5/h6-16,25-29,31,36,38-39,46,50-51,78H,17-24H2,1-5H3,(H2,63,79)(H2,64,80)(H,65,84)(H,67,81)(H,68,82)/t31-,36-,38-,39-,46-,50-,51+/m0/s1. The molecule has 1 saturated heterocycles. The number of carbonyl (C=O) groups is 7. The van der Waals surface area contributed by atoms with E-state index in [1.165, 1.54) is 44.8 Å². The first-order valence-corrected chi connectivity index (χ1v) is 34.2. The molecule has 476 valence electrons. The molecule has 11 rings (SSSR count). The van der Waals surface area contributed by atoms with E-state index in [9.17, 15) is 29.1 Å². The van der Waals surface area contributed by atoms with E-state index in [-0.39, 0.29) is 65.3 Å². The second-order valence-corrected chi connectivity index (χ2v) is 27.8. The number of benzene rings is 2. The Balaban J connectivity index is 1.01. The van der Waals surface area contributed by atoms with Crippen molar-refractivity contribution in [2.45, 2.75) is 76.3 Å². The minimum absolute atomic E-state index is 0.00235. The highest BCUT2D eigenvalue weighted by molar-refractivity contribution is 7.15. The zero-order valence-corrected chi connectivity index (χ0v) is 55.1. The van der Waals surface area contributed by atoms with Gasteiger partial charge in [-0.05, 0) is 51.2 Å². The zero-order chi connectivity index (χ0) is 64.9. The van der Waals surface area contributed by atoms with Gasteiger partial charge in [0.15, 0.2) is 5.78 Å². The van der Waals surface area contributed by atoms with Gasteiger partial charge in [-0.3, -0.25) is 28.8 Å². The number of hydrogen-bond acceptors (Lipinski definition) is 24. The molecule has 0 unspecified atom stereocenters. The Morgan fingerprint density at radius 1 is 0.717 bits per heavy atom. The fourth-order valence-corrected chi connectivity index (χ4v) is 15.9. The predicted octanol–water partition coefficient (Wildman–Crippen LogP) is 8.19. The summed E-state index contributed by atoms with van der Waals surface area (Å²) < 4.78 is 12.0. The Labute approximate surface area is 551 Å². The first-order valence-electron chi connectivity index (χ1n) is 29.0. The summed E-state index contributed by atoms with van der Waals surface area (Å²) in [7, 11) is 3.84. The fraction of sp³-hybridized carbons (Fsp3) is 0.323. The number of alkyl carbamates (subject to hydrolysis) is 1. The Morgan fingerprint density at radius 3 is 2.12 bits per heavy atom. The molecule has 8 N–H and O–H groups in total. The highest BCUT2D eigenvalue weighted by Crippen LogP contribution is 2.44. The van der Waals surface area contributed by atoms with Crippen molar-refractivity contribution in [3.05, 3.63) is 153 Å². The SMILES string of the molecule is Cc1ccc(C[C@@H]2NC(=O)c3csc(n3)[C@H]([C@H](OC(=O)NCCOCCN(C)C)c3ccccc3)CC(=O)c3nc(sc3C)[C@H](CC(N)=O)NC(=O)c3csc(n3)-c3ccc(-c4nc(C(N)=O)cs4)nc3-c3csc(n3)-c3csc(n3)[C@@H]3[C@@H](C)[C@@H](O)CN3C2=O)cc1. The highest BCUT2D eigenvalue weighted by atomic mass is 32.1. The lowest BCUT2D eigenvalue weighted by atomic mass is 9.90. The topological polar surface area (TPSA) is 343 Å². The molecule has 30 heteroatoms. The molecule has 0 radical (unpaired) electrons. The summed E-state index contributed by atoms with van der Waals surface area (Å²) in [4.78, 5) is 136. The van der Waals surface area contributed by atoms with Crippen molar-refractivity contribution >= 4 is 109 Å². The van der Waals surface area contributed by atoms with Crippen LogP contribution in [0, 0.1) is 19.8 Å². The molecule has 6 amide bonds. The number of aliphatic hydroxyl groups excluding tert-OH is 1. The fourth-order valence-electron chi connectivity index (χ4n) is 10.5. The number of nitrogens with two attached hydrogens (primary N) is 2. The molecule has 0 aliphatic carbocycles. The van der Waals surface area contributed by atoms with Crippen LogP contribution < -0.4 is 27.4 Å². The summed E-state index contributed by atoms with van der Waals surface area (Å²) >= 11 is 7.04. The third-order valence-electron chi connectivity index (χ3n) is 15.3. The summed E-state index contributed by atoms with van der Waals surface area (Å²) in [6.45, 7) is 6.79. The maximum absolute atomic E-state index is 15.4. The van der Waals surface area contributed by atoms with E-state index in [4.69, 9.17) is 50.8 Å². The quantitative estimate of drug-likeness (QED) is 0.0527. The normalized spacial score (nSPS) is 19.1. The van der Waals surface area contributed by atoms with Gasteiger partial charge in [-0.15, -0.1) is 68.0 Å². The van der Waals surface area contributed by atoms with Crippen molar-refractivity contribution < 1.29 is 48.1 Å². The molecular formula is C62H62N14O10S6. The van der Waals surface area contributed by atoms with Crippen molar-refractivity contribution in [1.29, 1.82) is 0 Å². The average molecular weight is 1360 g/mol. The van der Waals surface area contributed by atoms with Gasteiger partial charge in [0.05, 0.1) is 49.4 Å². The summed E-state index contributed by atoms with van der Waals surface area (Å²) in [5.41, 5.74) is 15.7. The van der Waals surface area contributed by atoms with E-state index in [0.717, 1.165) is 45.1 Å². The van der Waals surface area contributed by atoms with Gasteiger partial charge in [-0.1, -0.05) is 67.1 Å². The number of rotatable bonds is 15. The Kier molecular flexibility index (Phi) is 20.2. The number of fused-ring (bicyclic) bond motifs is 16. The second-order valence-electron chi connectivity index (χ2n) is 22.3. The molecule has 92 heavy (non-hydrogen) atoms. The molecule has 9 heterocycles. The summed E-state index contributed by atoms with van der Waals surface area (Å²) in [5.74, 6) is -5.42. The number of nitrogens with zero attached hydrogens (tertiary/aromatic N) is 9. The van der Waals surface area contributed by atoms with E-state index in [1.54, 1.807) is 65.0 Å². The van der Waals surface area contributed by atoms with Crippen LogP contribution >= 0.6 is 68.0 Å². The molecule has 1 fully saturated rings. The lowest BCUT2D eigenvalue weighted by Gasteiger charge is -2.29. The van der Waals surface area contributed by atoms with Crippen LogP contribution in [-0.2, 0) is 25.5 Å². The smallest absolute Gasteiger partial charge is 0.407 e. The highest BCUT2D eigenvalue weighted by Gasteiger charge is 2.46. The van der Waals surface area contributed by atoms with Crippen LogP contribution in [0.3, 0.4) is 0 Å². The first kappa shape index (κ1) is 65.0. The van der Waals surface area contributed by atoms with Crippen LogP contribution in [0.4, 0.5) is 4.79 Å². The maximum atomic E-state index is 15.4. The molecule has 2 aliphatic heterocycles. The number of Topliss-reactive ketones (excluding diaryl/α,β-unsaturated/α-hetero) is 1. The largest absolute Gasteiger partial charge is 0.441 e. The van der Waals surface area contributed by atoms with Gasteiger partial charge in [0.2, 0.25) is 11.8 Å². The minimum atomic E-state index is -1.19. The van der Waals surface area contributed by atoms with Gasteiger partial charge in [0, 0.05) is 75.7 Å². The molecule has 24 nitrogen and oxygen atoms in total. The number of nitrogens with one attached hydrogen (secondary N) is 3. The van der Waals surface area contributed by atoms with Gasteiger partial charge < -0.3 is 51.8 Å². The van der Waals surface area contributed by atoms with Crippen LogP contribution in [0.2, 0.25) is 0 Å². The van der Waals surface area contributed by atoms with Gasteiger partial charge >= 0.3 is 6.09 Å². The van der Waals surface area contributed by atoms with E-state index in [2.05, 4.69) is 20.9 Å². The third kappa shape index (κ3) is 14.9. The number of primary amides is 2. The maximum Gasteiger partial charge on any atom is 0.407 e. The van der Waals surface area contributed by atoms with Crippen molar-refractivity contribution in [2.24, 2.45) is 17.4 Å². The summed E-state index contributed by atoms with van der Waals surface area (Å²) in [5, 5.41) is 30.7. The van der Waals surface area contributed by atoms with Gasteiger partial charge in [0.25, 0.3) is 17.7 Å². The lowest BCUT2D eigenvalue weighted by molar-refractivity contribution is -0.134. The Morgan fingerprint density at radius 2 is 1.38 bits per heavy atom. The Hall–Kier alpha value is -8.46. The molecule has 0 saturated carbocycles. The van der Waals surface area contributed by atoms with Gasteiger partial charge in [-0.25, -0.2) is 39.7 Å². The number of likely N-dealkylation sites (N-methyl/N-ethyl adjacent to an activating group) is 1. The molecule has 7 aromatic heterocycles. The molecule has 9 aromatic rings. The third-order valence-corrected chi connectivity index (χ3v) is 20.9. The van der Waals surface area contributed by atoms with E-state index < -0.39 is 90.0 Å². The van der Waals surface area contributed by atoms with Crippen LogP contribution in [0.5, 0.6) is 0 Å². The lowest BCUT2D eigenvalue weighted by Crippen LogP contribution is -2.50. The van der Waals surface area contributed by atoms with Gasteiger partial charge in [-0.2, -0.15) is 0 Å². The number of thiazole rings is 6. The van der Waals surface area contributed by atoms with E-state index in [0.29, 0.717) is 72.0 Å². The second kappa shape index (κ2) is 28.6. The summed E-state index contributed by atoms with van der Waals surface area (Å²) in [6, 6.07) is 16.8. The molecule has 2 aromatic carbocycles. The molecule has 0 spiro atoms. The first-order chi connectivity index (χ1) is 44.2. The number of ether oxygens (including phenoxy) is 2. The van der Waals surface area contributed by atoms with Crippen LogP contribution in [0.25, 0.3) is 43.4 Å². The van der Waals surface area contributed by atoms with Crippen molar-refractivity contribution in [3.63, 3.8) is 0 Å². The Bertz CT molecular complexity index is 4200. The average Bonchev–Trinajstić information content (AvgIpc) is 1.61. The van der Waals surface area contributed by atoms with Crippen molar-refractivity contribution in [1.82, 2.24) is 60.6 Å². The number of aryl methyl sites for hydroxylation is 2. The van der Waals surface area contributed by atoms with Crippen molar-refractivity contribution in [2.75, 3.05) is 46.9 Å². The zero-order valence-electron chi connectivity index (χ0n) is 50.2. The van der Waals surface area contributed by atoms with Crippen molar-refractivity contribution in [3.8, 4) is 43.4 Å². The number of pyridine rings is 1. The van der Waals surface area contributed by atoms with Crippen LogP contribution in [0.1, 0.15) is 122 Å². The molecular weight excluding hydrogens is 1290 g/mol. The van der Waals surface area contributed by atoms with E-state index in [1.807, 2.05) is 62.5 Å². The van der Waals surface area contributed by atoms with Gasteiger partial charge in [0.1, 0.15) is 82.0 Å². The minimum Gasteiger partial charge on any atom is -0.441 e. The number of hydrogen-bond donors (Lipinski definition) is 6. The number of amides is 6.